The number of pyridine rings is 1. The molecule has 0 aliphatic carbocycles. The van der Waals surface area contributed by atoms with Crippen molar-refractivity contribution >= 4 is 17.4 Å². The van der Waals surface area contributed by atoms with E-state index in [0.29, 0.717) is 36.6 Å². The predicted molar refractivity (Wildman–Crippen MR) is 80.5 cm³/mol. The highest BCUT2D eigenvalue weighted by atomic mass is 35.5. The molecule has 1 aliphatic rings. The molecule has 0 fully saturated rings. The van der Waals surface area contributed by atoms with Crippen LogP contribution in [0.2, 0.25) is 5.28 Å². The summed E-state index contributed by atoms with van der Waals surface area (Å²) in [4.78, 5) is 14.2. The van der Waals surface area contributed by atoms with Crippen molar-refractivity contribution in [2.45, 2.75) is 33.0 Å². The molecule has 2 aromatic rings. The number of anilines is 1. The number of rotatable bonds is 1. The molecule has 1 aliphatic heterocycles. The summed E-state index contributed by atoms with van der Waals surface area (Å²) in [6.45, 7) is 4.65. The molecule has 3 rings (SSSR count). The third kappa shape index (κ3) is 3.10. The van der Waals surface area contributed by atoms with Gasteiger partial charge in [0.2, 0.25) is 5.28 Å². The molecule has 0 saturated carbocycles. The lowest BCUT2D eigenvalue weighted by Gasteiger charge is -2.30. The van der Waals surface area contributed by atoms with E-state index in [1.54, 1.807) is 0 Å². The molecule has 0 amide bonds. The molecule has 0 aromatic carbocycles. The fourth-order valence-electron chi connectivity index (χ4n) is 2.65. The van der Waals surface area contributed by atoms with E-state index >= 15 is 0 Å². The van der Waals surface area contributed by atoms with E-state index in [0.717, 1.165) is 17.5 Å². The van der Waals surface area contributed by atoms with Gasteiger partial charge in [-0.15, -0.1) is 0 Å². The van der Waals surface area contributed by atoms with E-state index in [2.05, 4.69) is 15.0 Å². The Hall–Kier alpha value is -1.89. The maximum atomic E-state index is 12.9. The van der Waals surface area contributed by atoms with Crippen molar-refractivity contribution < 1.29 is 13.2 Å². The van der Waals surface area contributed by atoms with Crippen LogP contribution in [0.3, 0.4) is 0 Å². The predicted octanol–water partition coefficient (Wildman–Crippen LogP) is 3.72. The molecule has 0 saturated heterocycles. The summed E-state index contributed by atoms with van der Waals surface area (Å²) >= 11 is 5.92. The van der Waals surface area contributed by atoms with Gasteiger partial charge in [-0.2, -0.15) is 13.2 Å². The molecular weight excluding hydrogens is 329 g/mol. The van der Waals surface area contributed by atoms with Crippen LogP contribution in [0.1, 0.15) is 28.1 Å². The molecule has 0 N–H and O–H groups in total. The molecule has 23 heavy (non-hydrogen) atoms. The summed E-state index contributed by atoms with van der Waals surface area (Å²) < 4.78 is 38.6. The van der Waals surface area contributed by atoms with Crippen molar-refractivity contribution in [1.82, 2.24) is 15.0 Å². The summed E-state index contributed by atoms with van der Waals surface area (Å²) in [6.07, 6.45) is -2.94. The van der Waals surface area contributed by atoms with Crippen molar-refractivity contribution in [2.75, 3.05) is 11.4 Å². The minimum atomic E-state index is -4.39. The van der Waals surface area contributed by atoms with Crippen LogP contribution in [-0.4, -0.2) is 21.5 Å². The number of aryl methyl sites for hydroxylation is 1. The fraction of sp³-hybridized carbons (Fsp3) is 0.400. The number of halogens is 4. The number of hydrogen-bond donors (Lipinski definition) is 0. The Morgan fingerprint density at radius 3 is 2.65 bits per heavy atom. The Balaban J connectivity index is 1.97. The van der Waals surface area contributed by atoms with Crippen LogP contribution < -0.4 is 4.90 Å². The Morgan fingerprint density at radius 1 is 1.22 bits per heavy atom. The van der Waals surface area contributed by atoms with E-state index in [1.165, 1.54) is 6.07 Å². The van der Waals surface area contributed by atoms with Crippen LogP contribution in [0.4, 0.5) is 19.0 Å². The number of hydrogen-bond acceptors (Lipinski definition) is 4. The number of nitrogens with zero attached hydrogens (tertiary/aromatic N) is 4. The molecule has 3 heterocycles. The molecule has 0 bridgehead atoms. The standard InChI is InChI=1S/C15H14ClF3N4/c1-8-9(2)21-14(16)22-13(8)23-4-3-12-10(7-23)5-11(6-20-12)15(17,18)19/h5-6H,3-4,7H2,1-2H3. The Morgan fingerprint density at radius 2 is 1.96 bits per heavy atom. The zero-order chi connectivity index (χ0) is 16.8. The van der Waals surface area contributed by atoms with Gasteiger partial charge in [-0.05, 0) is 37.1 Å². The van der Waals surface area contributed by atoms with Crippen molar-refractivity contribution in [3.05, 3.63) is 45.6 Å². The van der Waals surface area contributed by atoms with Crippen LogP contribution in [0.5, 0.6) is 0 Å². The number of aromatic nitrogens is 3. The van der Waals surface area contributed by atoms with E-state index < -0.39 is 11.7 Å². The van der Waals surface area contributed by atoms with E-state index in [9.17, 15) is 13.2 Å². The van der Waals surface area contributed by atoms with Gasteiger partial charge in [0.15, 0.2) is 0 Å². The topological polar surface area (TPSA) is 41.9 Å². The molecule has 0 spiro atoms. The van der Waals surface area contributed by atoms with Gasteiger partial charge in [0.25, 0.3) is 0 Å². The maximum Gasteiger partial charge on any atom is 0.417 e. The lowest BCUT2D eigenvalue weighted by Crippen LogP contribution is -2.33. The van der Waals surface area contributed by atoms with Crippen LogP contribution in [0.15, 0.2) is 12.3 Å². The molecule has 0 unspecified atom stereocenters. The average molecular weight is 343 g/mol. The zero-order valence-electron chi connectivity index (χ0n) is 12.6. The van der Waals surface area contributed by atoms with Gasteiger partial charge in [-0.3, -0.25) is 4.98 Å². The Kier molecular flexibility index (Phi) is 3.91. The minimum absolute atomic E-state index is 0.135. The summed E-state index contributed by atoms with van der Waals surface area (Å²) in [7, 11) is 0. The summed E-state index contributed by atoms with van der Waals surface area (Å²) in [5, 5.41) is 0.135. The monoisotopic (exact) mass is 342 g/mol. The highest BCUT2D eigenvalue weighted by molar-refractivity contribution is 6.28. The van der Waals surface area contributed by atoms with Gasteiger partial charge in [0.05, 0.1) is 5.56 Å². The third-order valence-electron chi connectivity index (χ3n) is 4.00. The second-order valence-electron chi connectivity index (χ2n) is 5.53. The SMILES string of the molecule is Cc1nc(Cl)nc(N2CCc3ncc(C(F)(F)F)cc3C2)c1C. The molecule has 2 aromatic heterocycles. The first-order valence-electron chi connectivity index (χ1n) is 7.06. The molecule has 8 heteroatoms. The zero-order valence-corrected chi connectivity index (χ0v) is 13.3. The average Bonchev–Trinajstić information content (AvgIpc) is 2.49. The summed E-state index contributed by atoms with van der Waals surface area (Å²) in [5.74, 6) is 0.658. The van der Waals surface area contributed by atoms with Gasteiger partial charge in [-0.25, -0.2) is 9.97 Å². The Bertz CT molecular complexity index is 761. The second kappa shape index (κ2) is 5.63. The molecule has 0 atom stereocenters. The maximum absolute atomic E-state index is 12.9. The van der Waals surface area contributed by atoms with Gasteiger partial charge < -0.3 is 4.90 Å². The molecule has 0 radical (unpaired) electrons. The number of alkyl halides is 3. The van der Waals surface area contributed by atoms with Crippen LogP contribution in [0.25, 0.3) is 0 Å². The Labute approximate surface area is 136 Å². The van der Waals surface area contributed by atoms with Crippen molar-refractivity contribution in [1.29, 1.82) is 0 Å². The quantitative estimate of drug-likeness (QED) is 0.741. The first-order valence-corrected chi connectivity index (χ1v) is 7.44. The normalized spacial score (nSPS) is 14.8. The first-order chi connectivity index (χ1) is 10.8. The lowest BCUT2D eigenvalue weighted by atomic mass is 10.0. The smallest absolute Gasteiger partial charge is 0.351 e. The molecular formula is C15H14ClF3N4. The lowest BCUT2D eigenvalue weighted by molar-refractivity contribution is -0.137. The van der Waals surface area contributed by atoms with Crippen LogP contribution >= 0.6 is 11.6 Å². The second-order valence-corrected chi connectivity index (χ2v) is 5.86. The summed E-state index contributed by atoms with van der Waals surface area (Å²) in [5.41, 5.74) is 2.17. The van der Waals surface area contributed by atoms with Crippen LogP contribution in [0, 0.1) is 13.8 Å². The largest absolute Gasteiger partial charge is 0.417 e. The van der Waals surface area contributed by atoms with Gasteiger partial charge in [0, 0.05) is 42.7 Å². The van der Waals surface area contributed by atoms with Crippen molar-refractivity contribution in [2.24, 2.45) is 0 Å². The highest BCUT2D eigenvalue weighted by Gasteiger charge is 2.32. The van der Waals surface area contributed by atoms with Gasteiger partial charge >= 0.3 is 6.18 Å². The molecule has 4 nitrogen and oxygen atoms in total. The summed E-state index contributed by atoms with van der Waals surface area (Å²) in [6, 6.07) is 1.17. The molecule has 122 valence electrons. The van der Waals surface area contributed by atoms with Crippen molar-refractivity contribution in [3.8, 4) is 0 Å². The van der Waals surface area contributed by atoms with Crippen molar-refractivity contribution in [3.63, 3.8) is 0 Å². The highest BCUT2D eigenvalue weighted by Crippen LogP contribution is 2.32. The number of fused-ring (bicyclic) bond motifs is 1. The third-order valence-corrected chi connectivity index (χ3v) is 4.17. The van der Waals surface area contributed by atoms with E-state index in [1.807, 2.05) is 18.7 Å². The van der Waals surface area contributed by atoms with Crippen LogP contribution in [-0.2, 0) is 19.1 Å². The fourth-order valence-corrected chi connectivity index (χ4v) is 2.86. The van der Waals surface area contributed by atoms with E-state index in [-0.39, 0.29) is 5.28 Å². The van der Waals surface area contributed by atoms with E-state index in [4.69, 9.17) is 11.6 Å². The first kappa shape index (κ1) is 16.0. The van der Waals surface area contributed by atoms with Gasteiger partial charge in [-0.1, -0.05) is 0 Å². The minimum Gasteiger partial charge on any atom is -0.351 e. The van der Waals surface area contributed by atoms with Gasteiger partial charge in [0.1, 0.15) is 5.82 Å².